The Bertz CT molecular complexity index is 2680. The number of aromatic nitrogens is 4. The maximum Gasteiger partial charge on any atom is 0.435 e. The van der Waals surface area contributed by atoms with E-state index >= 15 is 0 Å². The SMILES string of the molecule is CO.COC(=O)Cn1nc(C(F)(F)F)cc1-c1ccc(-c2cccc(S(C)(=O)=O)c2)s1.CS(=O)(=O)c1cccc(-c2ccc(-c3cc(C(F)(F)F)nn3CC(=O)O)s2)c1. The number of carbonyl (C=O) groups excluding carboxylic acids is 1. The number of aliphatic carboxylic acids is 1. The largest absolute Gasteiger partial charge is 0.480 e. The number of benzene rings is 2. The van der Waals surface area contributed by atoms with Crippen LogP contribution in [-0.4, -0.2) is 85.3 Å². The van der Waals surface area contributed by atoms with Crippen LogP contribution in [0.5, 0.6) is 0 Å². The molecule has 316 valence electrons. The summed E-state index contributed by atoms with van der Waals surface area (Å²) in [4.78, 5) is 24.9. The van der Waals surface area contributed by atoms with Gasteiger partial charge in [0.05, 0.1) is 38.0 Å². The second kappa shape index (κ2) is 18.3. The third kappa shape index (κ3) is 11.9. The second-order valence-corrected chi connectivity index (χ2v) is 18.2. The van der Waals surface area contributed by atoms with E-state index in [4.69, 9.17) is 10.2 Å². The van der Waals surface area contributed by atoms with Gasteiger partial charge >= 0.3 is 24.3 Å². The summed E-state index contributed by atoms with van der Waals surface area (Å²) in [6.45, 7) is -1.19. The van der Waals surface area contributed by atoms with Crippen molar-refractivity contribution in [2.75, 3.05) is 26.7 Å². The molecule has 0 spiro atoms. The van der Waals surface area contributed by atoms with Crippen LogP contribution < -0.4 is 0 Å². The average molecular weight is 907 g/mol. The van der Waals surface area contributed by atoms with Gasteiger partial charge in [-0.1, -0.05) is 24.3 Å². The average Bonchev–Trinajstić information content (AvgIpc) is 3.98. The predicted molar refractivity (Wildman–Crippen MR) is 206 cm³/mol. The zero-order valence-corrected chi connectivity index (χ0v) is 34.2. The number of halogens is 6. The van der Waals surface area contributed by atoms with Gasteiger partial charge in [-0.3, -0.25) is 19.0 Å². The van der Waals surface area contributed by atoms with Crippen LogP contribution in [0.25, 0.3) is 42.0 Å². The number of nitrogens with zero attached hydrogens (tertiary/aromatic N) is 4. The maximum atomic E-state index is 13.1. The number of esters is 1. The number of hydrogen-bond acceptors (Lipinski definition) is 12. The lowest BCUT2D eigenvalue weighted by Crippen LogP contribution is -2.15. The smallest absolute Gasteiger partial charge is 0.435 e. The Morgan fingerprint density at radius 2 is 1.02 bits per heavy atom. The lowest BCUT2D eigenvalue weighted by atomic mass is 10.2. The van der Waals surface area contributed by atoms with Crippen molar-refractivity contribution in [3.63, 3.8) is 0 Å². The summed E-state index contributed by atoms with van der Waals surface area (Å²) in [5.74, 6) is -2.06. The highest BCUT2D eigenvalue weighted by molar-refractivity contribution is 7.91. The minimum Gasteiger partial charge on any atom is -0.480 e. The number of ether oxygens (including phenoxy) is 1. The van der Waals surface area contributed by atoms with E-state index in [0.29, 0.717) is 30.6 Å². The summed E-state index contributed by atoms with van der Waals surface area (Å²) in [6, 6.07) is 20.5. The van der Waals surface area contributed by atoms with Crippen molar-refractivity contribution < 1.29 is 67.7 Å². The van der Waals surface area contributed by atoms with Crippen molar-refractivity contribution in [3.05, 3.63) is 96.3 Å². The first-order valence-electron chi connectivity index (χ1n) is 16.3. The first-order valence-corrected chi connectivity index (χ1v) is 21.7. The number of thiophene rings is 2. The molecular weight excluding hydrogens is 875 g/mol. The Balaban J connectivity index is 0.000000250. The Kier molecular flexibility index (Phi) is 14.4. The molecule has 59 heavy (non-hydrogen) atoms. The van der Waals surface area contributed by atoms with Crippen molar-refractivity contribution in [1.29, 1.82) is 0 Å². The monoisotopic (exact) mass is 906 g/mol. The topological polar surface area (TPSA) is 188 Å². The first-order chi connectivity index (χ1) is 27.4. The van der Waals surface area contributed by atoms with Gasteiger partial charge in [0, 0.05) is 29.4 Å². The van der Waals surface area contributed by atoms with Crippen LogP contribution in [0.1, 0.15) is 11.4 Å². The van der Waals surface area contributed by atoms with Crippen LogP contribution in [0.2, 0.25) is 0 Å². The highest BCUT2D eigenvalue weighted by atomic mass is 32.2. The molecule has 0 bridgehead atoms. The number of alkyl halides is 6. The van der Waals surface area contributed by atoms with Gasteiger partial charge in [0.1, 0.15) is 13.1 Å². The van der Waals surface area contributed by atoms with E-state index in [2.05, 4.69) is 14.9 Å². The minimum atomic E-state index is -4.71. The van der Waals surface area contributed by atoms with Crippen molar-refractivity contribution >= 4 is 54.3 Å². The molecule has 0 amide bonds. The predicted octanol–water partition coefficient (Wildman–Crippen LogP) is 7.27. The molecule has 6 rings (SSSR count). The van der Waals surface area contributed by atoms with Crippen molar-refractivity contribution in [1.82, 2.24) is 19.6 Å². The Labute approximate surface area is 340 Å². The molecule has 2 N–H and O–H groups in total. The number of rotatable bonds is 10. The zero-order valence-electron chi connectivity index (χ0n) is 30.9. The van der Waals surface area contributed by atoms with E-state index in [0.717, 1.165) is 70.9 Å². The molecule has 0 aliphatic rings. The summed E-state index contributed by atoms with van der Waals surface area (Å²) in [5.41, 5.74) is -0.981. The summed E-state index contributed by atoms with van der Waals surface area (Å²) in [5, 5.41) is 22.8. The van der Waals surface area contributed by atoms with Gasteiger partial charge < -0.3 is 14.9 Å². The van der Waals surface area contributed by atoms with Crippen molar-refractivity contribution in [2.45, 2.75) is 35.2 Å². The number of sulfone groups is 2. The lowest BCUT2D eigenvalue weighted by Gasteiger charge is -2.05. The van der Waals surface area contributed by atoms with Crippen molar-refractivity contribution in [2.24, 2.45) is 0 Å². The Hall–Kier alpha value is -5.36. The van der Waals surface area contributed by atoms with E-state index in [-0.39, 0.29) is 21.2 Å². The van der Waals surface area contributed by atoms with Gasteiger partial charge in [-0.25, -0.2) is 16.8 Å². The fourth-order valence-corrected chi connectivity index (χ4v) is 8.46. The van der Waals surface area contributed by atoms with Crippen LogP contribution in [0.3, 0.4) is 0 Å². The van der Waals surface area contributed by atoms with E-state index in [1.165, 1.54) is 24.3 Å². The van der Waals surface area contributed by atoms with Crippen LogP contribution in [0.15, 0.2) is 94.7 Å². The van der Waals surface area contributed by atoms with Gasteiger partial charge in [0.25, 0.3) is 0 Å². The standard InChI is InChI=1S/C18H15F3N2O4S2.C17H13F3N2O4S2.CH4O/c1-27-17(24)10-23-13(9-16(22-23)18(19,20)21)15-7-6-14(28-15)11-4-3-5-12(8-11)29(2,25)26;1-28(25,26)11-4-2-3-10(7-11)13-5-6-14(27-13)12-8-15(17(18,19)20)21-22(12)9-16(23)24;1-2/h3-9H,10H2,1-2H3;2-8H,9H2,1H3,(H,23,24);2H,1H3. The Morgan fingerprint density at radius 3 is 1.36 bits per heavy atom. The molecule has 2 aromatic carbocycles. The van der Waals surface area contributed by atoms with E-state index in [9.17, 15) is 52.8 Å². The van der Waals surface area contributed by atoms with Gasteiger partial charge in [0.15, 0.2) is 31.1 Å². The molecule has 0 radical (unpaired) electrons. The van der Waals surface area contributed by atoms with Crippen LogP contribution >= 0.6 is 22.7 Å². The molecular formula is C36H32F6N4O9S4. The van der Waals surface area contributed by atoms with Gasteiger partial charge in [-0.05, 0) is 71.8 Å². The third-order valence-electron chi connectivity index (χ3n) is 7.74. The number of carbonyl (C=O) groups is 2. The molecule has 0 atom stereocenters. The lowest BCUT2D eigenvalue weighted by molar-refractivity contribution is -0.144. The Morgan fingerprint density at radius 1 is 0.644 bits per heavy atom. The molecule has 0 fully saturated rings. The molecule has 6 aromatic rings. The highest BCUT2D eigenvalue weighted by Crippen LogP contribution is 2.39. The number of carboxylic acids is 1. The van der Waals surface area contributed by atoms with Crippen LogP contribution in [-0.2, 0) is 59.4 Å². The van der Waals surface area contributed by atoms with Crippen molar-refractivity contribution in [3.8, 4) is 42.0 Å². The number of methoxy groups -OCH3 is 1. The molecule has 4 aromatic heterocycles. The maximum absolute atomic E-state index is 13.1. The quantitative estimate of drug-likeness (QED) is 0.104. The number of aliphatic hydroxyl groups excluding tert-OH is 1. The molecule has 0 saturated heterocycles. The highest BCUT2D eigenvalue weighted by Gasteiger charge is 2.36. The van der Waals surface area contributed by atoms with E-state index in [1.54, 1.807) is 48.5 Å². The van der Waals surface area contributed by atoms with Crippen LogP contribution in [0.4, 0.5) is 26.3 Å². The molecule has 0 aliphatic carbocycles. The number of aliphatic hydroxyl groups is 1. The van der Waals surface area contributed by atoms with E-state index < -0.39 is 68.4 Å². The van der Waals surface area contributed by atoms with E-state index in [1.807, 2.05) is 0 Å². The first kappa shape index (κ1) is 46.3. The van der Waals surface area contributed by atoms with Gasteiger partial charge in [-0.2, -0.15) is 36.5 Å². The summed E-state index contributed by atoms with van der Waals surface area (Å²) in [7, 11) is -4.68. The molecule has 0 aliphatic heterocycles. The zero-order chi connectivity index (χ0) is 44.1. The fraction of sp³-hybridized carbons (Fsp3) is 0.222. The summed E-state index contributed by atoms with van der Waals surface area (Å²) in [6.07, 6.45) is -7.20. The number of hydrogen-bond donors (Lipinski definition) is 2. The second-order valence-electron chi connectivity index (χ2n) is 12.0. The normalized spacial score (nSPS) is 11.9. The van der Waals surface area contributed by atoms with Crippen LogP contribution in [0, 0.1) is 0 Å². The summed E-state index contributed by atoms with van der Waals surface area (Å²) >= 11 is 2.26. The third-order valence-corrected chi connectivity index (χ3v) is 12.3. The van der Waals surface area contributed by atoms with Gasteiger partial charge in [-0.15, -0.1) is 22.7 Å². The molecule has 23 heteroatoms. The molecule has 4 heterocycles. The fourth-order valence-electron chi connectivity index (χ4n) is 5.08. The number of carboxylic acid groups (broad SMARTS) is 1. The molecule has 0 unspecified atom stereocenters. The van der Waals surface area contributed by atoms with Gasteiger partial charge in [0.2, 0.25) is 0 Å². The minimum absolute atomic E-state index is 0.0187. The molecule has 0 saturated carbocycles. The summed E-state index contributed by atoms with van der Waals surface area (Å²) < 4.78 is 131. The molecule has 13 nitrogen and oxygen atoms in total.